The van der Waals surface area contributed by atoms with Crippen molar-refractivity contribution in [3.05, 3.63) is 59.2 Å². The highest BCUT2D eigenvalue weighted by Gasteiger charge is 2.09. The Bertz CT molecular complexity index is 568. The van der Waals surface area contributed by atoms with Gasteiger partial charge in [0.2, 0.25) is 0 Å². The zero-order chi connectivity index (χ0) is 14.7. The van der Waals surface area contributed by atoms with Crippen LogP contribution in [0.25, 0.3) is 0 Å². The van der Waals surface area contributed by atoms with Gasteiger partial charge in [0.05, 0.1) is 6.10 Å². The molecule has 0 aliphatic heterocycles. The predicted octanol–water partition coefficient (Wildman–Crippen LogP) is 4.96. The Kier molecular flexibility index (Phi) is 4.46. The standard InChI is InChI=1S/C18H22O2/c1-12(2)17-10-5-13(3)11-18(17)20-16-8-6-15(7-9-16)14(4)19/h5-12,14,19H,1-4H3. The fourth-order valence-corrected chi connectivity index (χ4v) is 2.15. The van der Waals surface area contributed by atoms with E-state index in [9.17, 15) is 5.11 Å². The van der Waals surface area contributed by atoms with E-state index >= 15 is 0 Å². The third-order valence-corrected chi connectivity index (χ3v) is 3.38. The summed E-state index contributed by atoms with van der Waals surface area (Å²) in [6.07, 6.45) is -0.450. The summed E-state index contributed by atoms with van der Waals surface area (Å²) in [7, 11) is 0. The van der Waals surface area contributed by atoms with Crippen LogP contribution in [0.3, 0.4) is 0 Å². The van der Waals surface area contributed by atoms with E-state index in [-0.39, 0.29) is 0 Å². The summed E-state index contributed by atoms with van der Waals surface area (Å²) in [6.45, 7) is 8.14. The van der Waals surface area contributed by atoms with Gasteiger partial charge in [-0.3, -0.25) is 0 Å². The summed E-state index contributed by atoms with van der Waals surface area (Å²) >= 11 is 0. The van der Waals surface area contributed by atoms with Crippen LogP contribution in [-0.2, 0) is 0 Å². The van der Waals surface area contributed by atoms with Gasteiger partial charge in [-0.25, -0.2) is 0 Å². The first-order chi connectivity index (χ1) is 9.47. The fraction of sp³-hybridized carbons (Fsp3) is 0.333. The molecule has 0 amide bonds. The molecule has 0 saturated heterocycles. The lowest BCUT2D eigenvalue weighted by molar-refractivity contribution is 0.199. The molecular weight excluding hydrogens is 248 g/mol. The molecule has 0 aromatic heterocycles. The number of aryl methyl sites for hydroxylation is 1. The van der Waals surface area contributed by atoms with Crippen molar-refractivity contribution in [2.75, 3.05) is 0 Å². The van der Waals surface area contributed by atoms with Gasteiger partial charge in [-0.1, -0.05) is 38.1 Å². The van der Waals surface area contributed by atoms with Crippen LogP contribution >= 0.6 is 0 Å². The molecule has 1 N–H and O–H groups in total. The molecule has 20 heavy (non-hydrogen) atoms. The largest absolute Gasteiger partial charge is 0.457 e. The second kappa shape index (κ2) is 6.10. The molecule has 106 valence electrons. The van der Waals surface area contributed by atoms with Crippen molar-refractivity contribution < 1.29 is 9.84 Å². The number of hydrogen-bond acceptors (Lipinski definition) is 2. The number of ether oxygens (including phenoxy) is 1. The SMILES string of the molecule is Cc1ccc(C(C)C)c(Oc2ccc(C(C)O)cc2)c1. The summed E-state index contributed by atoms with van der Waals surface area (Å²) in [5.41, 5.74) is 3.28. The summed E-state index contributed by atoms with van der Waals surface area (Å²) < 4.78 is 6.00. The van der Waals surface area contributed by atoms with Gasteiger partial charge in [0, 0.05) is 0 Å². The first-order valence-electron chi connectivity index (χ1n) is 7.04. The van der Waals surface area contributed by atoms with Crippen LogP contribution in [0.15, 0.2) is 42.5 Å². The van der Waals surface area contributed by atoms with Gasteiger partial charge in [-0.2, -0.15) is 0 Å². The van der Waals surface area contributed by atoms with E-state index in [4.69, 9.17) is 4.74 Å². The van der Waals surface area contributed by atoms with Crippen LogP contribution in [0.5, 0.6) is 11.5 Å². The Morgan fingerprint density at radius 1 is 0.950 bits per heavy atom. The van der Waals surface area contributed by atoms with Gasteiger partial charge in [0.15, 0.2) is 0 Å². The third kappa shape index (κ3) is 3.40. The van der Waals surface area contributed by atoms with Gasteiger partial charge < -0.3 is 9.84 Å². The molecular formula is C18H22O2. The van der Waals surface area contributed by atoms with E-state index in [1.807, 2.05) is 24.3 Å². The van der Waals surface area contributed by atoms with E-state index in [1.165, 1.54) is 11.1 Å². The number of rotatable bonds is 4. The lowest BCUT2D eigenvalue weighted by Gasteiger charge is -2.15. The van der Waals surface area contributed by atoms with Crippen molar-refractivity contribution in [3.63, 3.8) is 0 Å². The minimum atomic E-state index is -0.450. The van der Waals surface area contributed by atoms with E-state index in [1.54, 1.807) is 6.92 Å². The quantitative estimate of drug-likeness (QED) is 0.850. The molecule has 2 nitrogen and oxygen atoms in total. The normalized spacial score (nSPS) is 12.5. The van der Waals surface area contributed by atoms with Crippen molar-refractivity contribution in [1.29, 1.82) is 0 Å². The van der Waals surface area contributed by atoms with Gasteiger partial charge in [-0.05, 0) is 54.7 Å². The summed E-state index contributed by atoms with van der Waals surface area (Å²) in [5, 5.41) is 9.52. The Morgan fingerprint density at radius 3 is 2.15 bits per heavy atom. The highest BCUT2D eigenvalue weighted by atomic mass is 16.5. The summed E-state index contributed by atoms with van der Waals surface area (Å²) in [6, 6.07) is 13.9. The molecule has 0 aliphatic carbocycles. The summed E-state index contributed by atoms with van der Waals surface area (Å²) in [5.74, 6) is 2.12. The van der Waals surface area contributed by atoms with Gasteiger partial charge in [0.25, 0.3) is 0 Å². The average molecular weight is 270 g/mol. The van der Waals surface area contributed by atoms with Gasteiger partial charge >= 0.3 is 0 Å². The van der Waals surface area contributed by atoms with Crippen molar-refractivity contribution in [2.24, 2.45) is 0 Å². The second-order valence-corrected chi connectivity index (χ2v) is 5.54. The fourth-order valence-electron chi connectivity index (χ4n) is 2.15. The smallest absolute Gasteiger partial charge is 0.131 e. The van der Waals surface area contributed by atoms with E-state index in [0.717, 1.165) is 17.1 Å². The lowest BCUT2D eigenvalue weighted by Crippen LogP contribution is -1.95. The molecule has 0 radical (unpaired) electrons. The minimum absolute atomic E-state index is 0.419. The molecule has 1 atom stereocenters. The summed E-state index contributed by atoms with van der Waals surface area (Å²) in [4.78, 5) is 0. The van der Waals surface area contributed by atoms with E-state index in [2.05, 4.69) is 39.0 Å². The number of aliphatic hydroxyl groups is 1. The average Bonchev–Trinajstić information content (AvgIpc) is 2.39. The molecule has 0 bridgehead atoms. The molecule has 0 spiro atoms. The van der Waals surface area contributed by atoms with Gasteiger partial charge in [-0.15, -0.1) is 0 Å². The topological polar surface area (TPSA) is 29.5 Å². The third-order valence-electron chi connectivity index (χ3n) is 3.38. The first kappa shape index (κ1) is 14.6. The lowest BCUT2D eigenvalue weighted by atomic mass is 10.0. The molecule has 2 aromatic rings. The Hall–Kier alpha value is -1.80. The van der Waals surface area contributed by atoms with Crippen molar-refractivity contribution in [2.45, 2.75) is 39.7 Å². The molecule has 2 rings (SSSR count). The van der Waals surface area contributed by atoms with Crippen LogP contribution in [-0.4, -0.2) is 5.11 Å². The molecule has 0 aliphatic rings. The Labute approximate surface area is 121 Å². The van der Waals surface area contributed by atoms with Crippen molar-refractivity contribution >= 4 is 0 Å². The van der Waals surface area contributed by atoms with Gasteiger partial charge in [0.1, 0.15) is 11.5 Å². The molecule has 2 aromatic carbocycles. The Morgan fingerprint density at radius 2 is 1.60 bits per heavy atom. The van der Waals surface area contributed by atoms with E-state index in [0.29, 0.717) is 5.92 Å². The molecule has 0 fully saturated rings. The van der Waals surface area contributed by atoms with Crippen LogP contribution in [0.4, 0.5) is 0 Å². The molecule has 0 heterocycles. The van der Waals surface area contributed by atoms with Crippen LogP contribution < -0.4 is 4.74 Å². The minimum Gasteiger partial charge on any atom is -0.457 e. The number of aliphatic hydroxyl groups excluding tert-OH is 1. The molecule has 0 saturated carbocycles. The van der Waals surface area contributed by atoms with Crippen LogP contribution in [0, 0.1) is 6.92 Å². The molecule has 1 unspecified atom stereocenters. The first-order valence-corrected chi connectivity index (χ1v) is 7.04. The zero-order valence-corrected chi connectivity index (χ0v) is 12.6. The Balaban J connectivity index is 2.27. The van der Waals surface area contributed by atoms with Crippen LogP contribution in [0.1, 0.15) is 49.5 Å². The van der Waals surface area contributed by atoms with Crippen LogP contribution in [0.2, 0.25) is 0 Å². The highest BCUT2D eigenvalue weighted by Crippen LogP contribution is 2.31. The maximum Gasteiger partial charge on any atom is 0.131 e. The van der Waals surface area contributed by atoms with E-state index < -0.39 is 6.10 Å². The predicted molar refractivity (Wildman–Crippen MR) is 82.4 cm³/mol. The highest BCUT2D eigenvalue weighted by molar-refractivity contribution is 5.42. The molecule has 2 heteroatoms. The second-order valence-electron chi connectivity index (χ2n) is 5.54. The monoisotopic (exact) mass is 270 g/mol. The van der Waals surface area contributed by atoms with Crippen molar-refractivity contribution in [1.82, 2.24) is 0 Å². The maximum absolute atomic E-state index is 9.52. The maximum atomic E-state index is 9.52. The number of benzene rings is 2. The zero-order valence-electron chi connectivity index (χ0n) is 12.6. The number of hydrogen-bond donors (Lipinski definition) is 1. The van der Waals surface area contributed by atoms with Crippen molar-refractivity contribution in [3.8, 4) is 11.5 Å².